The number of fused-ring (bicyclic) bond motifs is 1. The second kappa shape index (κ2) is 15.3. The van der Waals surface area contributed by atoms with Gasteiger partial charge in [-0.3, -0.25) is 19.3 Å². The quantitative estimate of drug-likeness (QED) is 0.260. The van der Waals surface area contributed by atoms with Gasteiger partial charge < -0.3 is 25.5 Å². The molecule has 11 nitrogen and oxygen atoms in total. The second-order valence-electron chi connectivity index (χ2n) is 15.0. The van der Waals surface area contributed by atoms with Crippen LogP contribution in [-0.2, 0) is 25.8 Å². The molecule has 4 rings (SSSR count). The van der Waals surface area contributed by atoms with Crippen molar-refractivity contribution in [3.05, 3.63) is 59.0 Å². The number of sulfone groups is 1. The summed E-state index contributed by atoms with van der Waals surface area (Å²) in [5.41, 5.74) is 0.407. The third-order valence-electron chi connectivity index (χ3n) is 9.80. The Hall–Kier alpha value is -2.93. The molecule has 48 heavy (non-hydrogen) atoms. The van der Waals surface area contributed by atoms with Gasteiger partial charge in [-0.15, -0.1) is 0 Å². The van der Waals surface area contributed by atoms with Crippen LogP contribution in [0.4, 0.5) is 0 Å². The molecule has 0 bridgehead atoms. The summed E-state index contributed by atoms with van der Waals surface area (Å²) < 4.78 is 29.3. The van der Waals surface area contributed by atoms with Gasteiger partial charge in [0.1, 0.15) is 6.04 Å². The fourth-order valence-corrected chi connectivity index (χ4v) is 7.56. The summed E-state index contributed by atoms with van der Waals surface area (Å²) in [7, 11) is -3.90. The highest BCUT2D eigenvalue weighted by molar-refractivity contribution is 7.92. The van der Waals surface area contributed by atoms with E-state index in [0.29, 0.717) is 24.8 Å². The molecular formula is C35H51ClN4O7S. The van der Waals surface area contributed by atoms with Crippen LogP contribution in [0.25, 0.3) is 0 Å². The van der Waals surface area contributed by atoms with Crippen LogP contribution < -0.4 is 16.0 Å². The van der Waals surface area contributed by atoms with Crippen molar-refractivity contribution in [3.8, 4) is 0 Å². The van der Waals surface area contributed by atoms with Crippen LogP contribution in [0, 0.1) is 11.8 Å². The summed E-state index contributed by atoms with van der Waals surface area (Å²) in [6, 6.07) is 9.12. The third kappa shape index (κ3) is 9.61. The van der Waals surface area contributed by atoms with Crippen molar-refractivity contribution in [2.45, 2.75) is 108 Å². The molecule has 2 aromatic rings. The number of nitrogens with zero attached hydrogens (tertiary/aromatic N) is 1. The number of furan rings is 1. The van der Waals surface area contributed by atoms with Crippen molar-refractivity contribution < 1.29 is 32.3 Å². The fourth-order valence-electron chi connectivity index (χ4n) is 6.82. The van der Waals surface area contributed by atoms with Crippen LogP contribution in [0.5, 0.6) is 0 Å². The molecule has 4 N–H and O–H groups in total. The molecule has 0 spiro atoms. The molecule has 1 saturated carbocycles. The summed E-state index contributed by atoms with van der Waals surface area (Å²) in [5, 5.41) is 20.4. The minimum absolute atomic E-state index is 0.0404. The molecule has 2 heterocycles. The zero-order valence-corrected chi connectivity index (χ0v) is 30.4. The molecule has 2 fully saturated rings. The molecule has 3 amide bonds. The zero-order valence-electron chi connectivity index (χ0n) is 28.8. The summed E-state index contributed by atoms with van der Waals surface area (Å²) >= 11 is 5.85. The summed E-state index contributed by atoms with van der Waals surface area (Å²) in [4.78, 5) is 42.8. The molecule has 1 aromatic heterocycles. The van der Waals surface area contributed by atoms with E-state index in [0.717, 1.165) is 37.5 Å². The van der Waals surface area contributed by atoms with E-state index >= 15 is 0 Å². The predicted molar refractivity (Wildman–Crippen MR) is 185 cm³/mol. The highest BCUT2D eigenvalue weighted by Crippen LogP contribution is 2.39. The molecule has 2 unspecified atom stereocenters. The van der Waals surface area contributed by atoms with Crippen LogP contribution in [0.15, 0.2) is 46.9 Å². The van der Waals surface area contributed by atoms with E-state index in [9.17, 15) is 27.9 Å². The van der Waals surface area contributed by atoms with Gasteiger partial charge in [0.25, 0.3) is 5.91 Å². The number of piperidine rings is 1. The van der Waals surface area contributed by atoms with E-state index < -0.39 is 56.2 Å². The van der Waals surface area contributed by atoms with Crippen LogP contribution in [0.3, 0.4) is 0 Å². The lowest BCUT2D eigenvalue weighted by molar-refractivity contribution is -0.133. The highest BCUT2D eigenvalue weighted by atomic mass is 35.5. The molecule has 1 aliphatic heterocycles. The number of rotatable bonds is 12. The molecular weight excluding hydrogens is 656 g/mol. The Bertz CT molecular complexity index is 1540. The number of hydrogen-bond donors (Lipinski definition) is 4. The maximum absolute atomic E-state index is 14.1. The number of aliphatic hydroxyl groups is 1. The van der Waals surface area contributed by atoms with Gasteiger partial charge >= 0.3 is 0 Å². The van der Waals surface area contributed by atoms with Crippen molar-refractivity contribution in [3.63, 3.8) is 0 Å². The fraction of sp³-hybridized carbons (Fsp3) is 0.629. The lowest BCUT2D eigenvalue weighted by atomic mass is 9.72. The first-order valence-corrected chi connectivity index (χ1v) is 19.0. The number of carbonyl (C=O) groups is 3. The SMILES string of the molecule is CC(C)(C)NC(=O)[C@@H]1CC2CCCCC2CN1C[C@@H](O)[C@H](Cc1ccccc1)NC(=O)[C@@H](NC(=O)c1ccc(Cl)o1)C(C)(C)S(C)(=O)=O. The van der Waals surface area contributed by atoms with E-state index in [1.807, 2.05) is 56.0 Å². The first-order chi connectivity index (χ1) is 22.4. The molecule has 1 aromatic carbocycles. The van der Waals surface area contributed by atoms with E-state index in [1.165, 1.54) is 26.0 Å². The number of amides is 3. The Morgan fingerprint density at radius 3 is 2.23 bits per heavy atom. The van der Waals surface area contributed by atoms with Gasteiger partial charge in [-0.1, -0.05) is 49.6 Å². The molecule has 1 saturated heterocycles. The van der Waals surface area contributed by atoms with E-state index in [4.69, 9.17) is 16.0 Å². The first kappa shape index (κ1) is 37.9. The van der Waals surface area contributed by atoms with Gasteiger partial charge in [-0.05, 0) is 95.0 Å². The normalized spacial score (nSPS) is 22.5. The maximum atomic E-state index is 14.1. The van der Waals surface area contributed by atoms with Crippen LogP contribution in [0.1, 0.15) is 82.8 Å². The van der Waals surface area contributed by atoms with Gasteiger partial charge in [0.05, 0.1) is 22.9 Å². The van der Waals surface area contributed by atoms with E-state index in [-0.39, 0.29) is 29.9 Å². The third-order valence-corrected chi connectivity index (χ3v) is 12.2. The number of β-amino-alcohol motifs (C(OH)–C–C–N with tert-alkyl or cyclic N) is 1. The van der Waals surface area contributed by atoms with Crippen LogP contribution in [-0.4, -0.2) is 90.0 Å². The Balaban J connectivity index is 1.62. The van der Waals surface area contributed by atoms with Gasteiger partial charge in [0, 0.05) is 24.9 Å². The molecule has 1 aliphatic carbocycles. The minimum Gasteiger partial charge on any atom is -0.440 e. The number of benzene rings is 1. The smallest absolute Gasteiger partial charge is 0.287 e. The topological polar surface area (TPSA) is 158 Å². The van der Waals surface area contributed by atoms with Crippen molar-refractivity contribution >= 4 is 39.2 Å². The molecule has 0 radical (unpaired) electrons. The monoisotopic (exact) mass is 706 g/mol. The van der Waals surface area contributed by atoms with Gasteiger partial charge in [-0.2, -0.15) is 0 Å². The number of aliphatic hydroxyl groups excluding tert-OH is 1. The zero-order chi connectivity index (χ0) is 35.4. The predicted octanol–water partition coefficient (Wildman–Crippen LogP) is 3.74. The van der Waals surface area contributed by atoms with Gasteiger partial charge in [0.2, 0.25) is 11.8 Å². The first-order valence-electron chi connectivity index (χ1n) is 16.7. The van der Waals surface area contributed by atoms with Crippen molar-refractivity contribution in [1.29, 1.82) is 0 Å². The summed E-state index contributed by atoms with van der Waals surface area (Å²) in [6.45, 7) is 9.30. The minimum atomic E-state index is -3.90. The van der Waals surface area contributed by atoms with Crippen molar-refractivity contribution in [2.24, 2.45) is 11.8 Å². The van der Waals surface area contributed by atoms with Crippen molar-refractivity contribution in [2.75, 3.05) is 19.3 Å². The maximum Gasteiger partial charge on any atom is 0.287 e. The number of carbonyl (C=O) groups excluding carboxylic acids is 3. The summed E-state index contributed by atoms with van der Waals surface area (Å²) in [5.74, 6) is -1.02. The number of nitrogens with one attached hydrogen (secondary N) is 3. The number of likely N-dealkylation sites (tertiary alicyclic amines) is 1. The average molecular weight is 707 g/mol. The number of hydrogen-bond acceptors (Lipinski definition) is 8. The molecule has 6 atom stereocenters. The van der Waals surface area contributed by atoms with E-state index in [2.05, 4.69) is 16.0 Å². The largest absolute Gasteiger partial charge is 0.440 e. The summed E-state index contributed by atoms with van der Waals surface area (Å²) in [6.07, 6.45) is 5.21. The van der Waals surface area contributed by atoms with Crippen molar-refractivity contribution in [1.82, 2.24) is 20.9 Å². The Kier molecular flexibility index (Phi) is 12.1. The number of halogens is 1. The lowest BCUT2D eigenvalue weighted by Crippen LogP contribution is -2.64. The standard InChI is InChI=1S/C35H51ClN4O7S/c1-34(2,3)39-31(42)26-19-23-14-10-11-15-24(23)20-40(26)21-27(41)25(18-22-12-8-7-9-13-22)37-33(44)30(35(4,5)48(6,45)46)38-32(43)28-16-17-29(36)47-28/h7-9,12-13,16-17,23-27,30,41H,10-11,14-15,18-21H2,1-6H3,(H,37,44)(H,38,43)(H,39,42)/t23?,24?,25-,26-,27+,30+/m0/s1. The second-order valence-corrected chi connectivity index (χ2v) is 18.0. The lowest BCUT2D eigenvalue weighted by Gasteiger charge is -2.47. The average Bonchev–Trinajstić information content (AvgIpc) is 3.44. The Morgan fingerprint density at radius 1 is 1.00 bits per heavy atom. The highest BCUT2D eigenvalue weighted by Gasteiger charge is 2.46. The van der Waals surface area contributed by atoms with Gasteiger partial charge in [-0.25, -0.2) is 8.42 Å². The van der Waals surface area contributed by atoms with Crippen LogP contribution >= 0.6 is 11.6 Å². The van der Waals surface area contributed by atoms with E-state index in [1.54, 1.807) is 0 Å². The molecule has 266 valence electrons. The van der Waals surface area contributed by atoms with Gasteiger partial charge in [0.15, 0.2) is 20.8 Å². The Labute approximate surface area is 289 Å². The van der Waals surface area contributed by atoms with Crippen LogP contribution in [0.2, 0.25) is 5.22 Å². The Morgan fingerprint density at radius 2 is 1.65 bits per heavy atom. The molecule has 2 aliphatic rings. The molecule has 13 heteroatoms.